The van der Waals surface area contributed by atoms with Gasteiger partial charge in [0.15, 0.2) is 0 Å². The first-order chi connectivity index (χ1) is 8.65. The number of aromatic amines is 1. The lowest BCUT2D eigenvalue weighted by Gasteiger charge is -2.06. The van der Waals surface area contributed by atoms with Crippen LogP contribution >= 0.6 is 0 Å². The van der Waals surface area contributed by atoms with Crippen molar-refractivity contribution in [3.8, 4) is 11.1 Å². The Morgan fingerprint density at radius 3 is 2.44 bits per heavy atom. The Morgan fingerprint density at radius 2 is 1.89 bits per heavy atom. The molecule has 94 valence electrons. The summed E-state index contributed by atoms with van der Waals surface area (Å²) in [6.07, 6.45) is 5.61. The van der Waals surface area contributed by atoms with E-state index in [0.29, 0.717) is 0 Å². The fraction of sp³-hybridized carbons (Fsp3) is 0.333. The number of rotatable bonds is 4. The van der Waals surface area contributed by atoms with E-state index in [-0.39, 0.29) is 5.69 Å². The van der Waals surface area contributed by atoms with E-state index in [0.717, 1.165) is 23.5 Å². The number of hydrogen-bond acceptors (Lipinski definition) is 2. The van der Waals surface area contributed by atoms with Gasteiger partial charge in [0.2, 0.25) is 0 Å². The van der Waals surface area contributed by atoms with E-state index in [1.165, 1.54) is 12.0 Å². The van der Waals surface area contributed by atoms with Crippen LogP contribution in [0.4, 0.5) is 0 Å². The molecule has 0 fully saturated rings. The first-order valence-electron chi connectivity index (χ1n) is 6.29. The van der Waals surface area contributed by atoms with Gasteiger partial charge in [0, 0.05) is 18.0 Å². The minimum atomic E-state index is -0.313. The Morgan fingerprint density at radius 1 is 1.17 bits per heavy atom. The Bertz CT molecular complexity index is 535. The molecule has 3 heteroatoms. The molecule has 0 aliphatic rings. The molecule has 0 radical (unpaired) electrons. The van der Waals surface area contributed by atoms with E-state index in [1.807, 2.05) is 0 Å². The van der Waals surface area contributed by atoms with Crippen molar-refractivity contribution in [2.75, 3.05) is 0 Å². The summed E-state index contributed by atoms with van der Waals surface area (Å²) in [5.74, 6) is 0.730. The van der Waals surface area contributed by atoms with Crippen LogP contribution in [0.15, 0.2) is 41.5 Å². The predicted octanol–water partition coefficient (Wildman–Crippen LogP) is 3.03. The van der Waals surface area contributed by atoms with Gasteiger partial charge in [-0.25, -0.2) is 9.78 Å². The minimum absolute atomic E-state index is 0.313. The zero-order chi connectivity index (χ0) is 13.0. The smallest absolute Gasteiger partial charge is 0.312 e. The summed E-state index contributed by atoms with van der Waals surface area (Å²) in [4.78, 5) is 17.2. The van der Waals surface area contributed by atoms with Crippen molar-refractivity contribution in [1.82, 2.24) is 9.97 Å². The topological polar surface area (TPSA) is 45.8 Å². The number of aryl methyl sites for hydroxylation is 1. The summed E-state index contributed by atoms with van der Waals surface area (Å²) in [5, 5.41) is 0. The van der Waals surface area contributed by atoms with Gasteiger partial charge < -0.3 is 4.98 Å². The molecule has 0 aliphatic heterocycles. The summed E-state index contributed by atoms with van der Waals surface area (Å²) in [6, 6.07) is 8.43. The van der Waals surface area contributed by atoms with Gasteiger partial charge in [-0.05, 0) is 29.9 Å². The minimum Gasteiger partial charge on any atom is -0.312 e. The molecule has 0 spiro atoms. The van der Waals surface area contributed by atoms with Crippen LogP contribution in [0.2, 0.25) is 0 Å². The zero-order valence-electron chi connectivity index (χ0n) is 10.8. The maximum atomic E-state index is 10.9. The Kier molecular flexibility index (Phi) is 3.92. The summed E-state index contributed by atoms with van der Waals surface area (Å²) >= 11 is 0. The third-order valence-electron chi connectivity index (χ3n) is 2.97. The lowest BCUT2D eigenvalue weighted by Crippen LogP contribution is -2.07. The van der Waals surface area contributed by atoms with E-state index in [9.17, 15) is 4.79 Å². The monoisotopic (exact) mass is 242 g/mol. The number of benzene rings is 1. The van der Waals surface area contributed by atoms with Gasteiger partial charge in [0.05, 0.1) is 0 Å². The van der Waals surface area contributed by atoms with Crippen LogP contribution in [-0.4, -0.2) is 9.97 Å². The van der Waals surface area contributed by atoms with E-state index in [1.54, 1.807) is 12.4 Å². The third-order valence-corrected chi connectivity index (χ3v) is 2.97. The molecule has 3 nitrogen and oxygen atoms in total. The molecule has 0 saturated carbocycles. The van der Waals surface area contributed by atoms with E-state index >= 15 is 0 Å². The van der Waals surface area contributed by atoms with Crippen molar-refractivity contribution in [2.45, 2.75) is 26.7 Å². The molecular weight excluding hydrogens is 224 g/mol. The van der Waals surface area contributed by atoms with Crippen molar-refractivity contribution in [3.05, 3.63) is 52.7 Å². The molecule has 0 atom stereocenters. The van der Waals surface area contributed by atoms with Crippen LogP contribution in [0.1, 0.15) is 25.8 Å². The van der Waals surface area contributed by atoms with Crippen LogP contribution in [0.25, 0.3) is 11.1 Å². The fourth-order valence-corrected chi connectivity index (χ4v) is 1.82. The quantitative estimate of drug-likeness (QED) is 0.895. The Balaban J connectivity index is 2.12. The normalized spacial score (nSPS) is 10.8. The summed E-state index contributed by atoms with van der Waals surface area (Å²) in [6.45, 7) is 4.47. The maximum Gasteiger partial charge on any atom is 0.344 e. The Labute approximate surface area is 107 Å². The first-order valence-corrected chi connectivity index (χ1v) is 6.29. The second kappa shape index (κ2) is 5.63. The largest absolute Gasteiger partial charge is 0.344 e. The summed E-state index contributed by atoms with van der Waals surface area (Å²) in [5.41, 5.74) is 3.05. The predicted molar refractivity (Wildman–Crippen MR) is 73.5 cm³/mol. The lowest BCUT2D eigenvalue weighted by atomic mass is 10.0. The number of nitrogens with one attached hydrogen (secondary N) is 1. The van der Waals surface area contributed by atoms with Crippen LogP contribution in [-0.2, 0) is 6.42 Å². The molecule has 2 rings (SSSR count). The van der Waals surface area contributed by atoms with Crippen molar-refractivity contribution < 1.29 is 0 Å². The average molecular weight is 242 g/mol. The van der Waals surface area contributed by atoms with Crippen LogP contribution in [0.5, 0.6) is 0 Å². The lowest BCUT2D eigenvalue weighted by molar-refractivity contribution is 0.587. The van der Waals surface area contributed by atoms with Crippen molar-refractivity contribution in [3.63, 3.8) is 0 Å². The van der Waals surface area contributed by atoms with Gasteiger partial charge in [-0.15, -0.1) is 0 Å². The fourth-order valence-electron chi connectivity index (χ4n) is 1.82. The molecular formula is C15H18N2O. The van der Waals surface area contributed by atoms with Gasteiger partial charge in [-0.3, -0.25) is 0 Å². The van der Waals surface area contributed by atoms with E-state index in [4.69, 9.17) is 0 Å². The van der Waals surface area contributed by atoms with E-state index in [2.05, 4.69) is 48.1 Å². The molecule has 0 unspecified atom stereocenters. The first kappa shape index (κ1) is 12.6. The van der Waals surface area contributed by atoms with Crippen LogP contribution < -0.4 is 5.69 Å². The molecule has 0 saturated heterocycles. The molecule has 1 N–H and O–H groups in total. The molecule has 1 aromatic heterocycles. The number of nitrogens with zero attached hydrogens (tertiary/aromatic N) is 1. The van der Waals surface area contributed by atoms with Crippen LogP contribution in [0.3, 0.4) is 0 Å². The van der Waals surface area contributed by atoms with Gasteiger partial charge >= 0.3 is 5.69 Å². The highest BCUT2D eigenvalue weighted by Gasteiger charge is 2.00. The standard InChI is InChI=1S/C15H18N2O/c1-11(2)3-4-12-5-7-13(8-6-12)14-9-16-15(18)17-10-14/h5-11H,3-4H2,1-2H3,(H,16,17,18). The van der Waals surface area contributed by atoms with E-state index < -0.39 is 0 Å². The highest BCUT2D eigenvalue weighted by Crippen LogP contribution is 2.18. The molecule has 0 bridgehead atoms. The van der Waals surface area contributed by atoms with Gasteiger partial charge in [-0.1, -0.05) is 38.1 Å². The SMILES string of the molecule is CC(C)CCc1ccc(-c2cnc(=O)[nH]c2)cc1. The number of aromatic nitrogens is 2. The van der Waals surface area contributed by atoms with Gasteiger partial charge in [0.1, 0.15) is 0 Å². The van der Waals surface area contributed by atoms with Crippen molar-refractivity contribution in [1.29, 1.82) is 0 Å². The molecule has 0 amide bonds. The van der Waals surface area contributed by atoms with Gasteiger partial charge in [0.25, 0.3) is 0 Å². The highest BCUT2D eigenvalue weighted by molar-refractivity contribution is 5.61. The van der Waals surface area contributed by atoms with Crippen molar-refractivity contribution >= 4 is 0 Å². The molecule has 18 heavy (non-hydrogen) atoms. The second-order valence-corrected chi connectivity index (χ2v) is 4.94. The van der Waals surface area contributed by atoms with Crippen LogP contribution in [0, 0.1) is 5.92 Å². The maximum absolute atomic E-state index is 10.9. The Hall–Kier alpha value is -1.90. The zero-order valence-corrected chi connectivity index (χ0v) is 10.8. The average Bonchev–Trinajstić information content (AvgIpc) is 2.38. The second-order valence-electron chi connectivity index (χ2n) is 4.94. The summed E-state index contributed by atoms with van der Waals surface area (Å²) in [7, 11) is 0. The third kappa shape index (κ3) is 3.29. The number of hydrogen-bond donors (Lipinski definition) is 1. The molecule has 1 aromatic carbocycles. The molecule has 1 heterocycles. The van der Waals surface area contributed by atoms with Gasteiger partial charge in [-0.2, -0.15) is 0 Å². The highest BCUT2D eigenvalue weighted by atomic mass is 16.1. The summed E-state index contributed by atoms with van der Waals surface area (Å²) < 4.78 is 0. The number of H-pyrrole nitrogens is 1. The molecule has 0 aliphatic carbocycles. The van der Waals surface area contributed by atoms with Crippen molar-refractivity contribution in [2.24, 2.45) is 5.92 Å². The molecule has 2 aromatic rings.